The molecule has 0 atom stereocenters. The molecule has 0 aromatic heterocycles. The van der Waals surface area contributed by atoms with Gasteiger partial charge in [0.15, 0.2) is 23.3 Å². The first-order chi connectivity index (χ1) is 24.9. The van der Waals surface area contributed by atoms with E-state index < -0.39 is 119 Å². The molecule has 0 heterocycles. The molecule has 0 saturated carbocycles. The van der Waals surface area contributed by atoms with E-state index in [0.717, 1.165) is 12.1 Å². The van der Waals surface area contributed by atoms with Crippen molar-refractivity contribution < 1.29 is 89.4 Å². The van der Waals surface area contributed by atoms with Gasteiger partial charge >= 0.3 is 18.5 Å². The average molecular weight is 892 g/mol. The molecule has 0 unspecified atom stereocenters. The predicted molar refractivity (Wildman–Crippen MR) is 161 cm³/mol. The first-order valence-electron chi connectivity index (χ1n) is 13.1. The molecular formula is C31H10Cl4F16O4. The normalized spacial score (nSPS) is 11.2. The number of halogens is 20. The summed E-state index contributed by atoms with van der Waals surface area (Å²) in [5.74, 6) is -9.15. The Hall–Kier alpha value is -4.40. The molecule has 298 valence electrons. The van der Waals surface area contributed by atoms with Crippen molar-refractivity contribution in [3.8, 4) is 0 Å². The predicted octanol–water partition coefficient (Wildman–Crippen LogP) is 12.3. The van der Waals surface area contributed by atoms with E-state index in [4.69, 9.17) is 46.4 Å². The highest BCUT2D eigenvalue weighted by atomic mass is 35.5. The van der Waals surface area contributed by atoms with Gasteiger partial charge in [-0.3, -0.25) is 19.2 Å². The monoisotopic (exact) mass is 890 g/mol. The number of hydrogen-bond acceptors (Lipinski definition) is 4. The van der Waals surface area contributed by atoms with Gasteiger partial charge in [0.05, 0.1) is 27.8 Å². The van der Waals surface area contributed by atoms with Crippen molar-refractivity contribution in [1.82, 2.24) is 0 Å². The molecule has 4 rings (SSSR count). The lowest BCUT2D eigenvalue weighted by molar-refractivity contribution is -0.143. The van der Waals surface area contributed by atoms with Crippen molar-refractivity contribution in [2.45, 2.75) is 18.5 Å². The quantitative estimate of drug-likeness (QED) is 0.116. The van der Waals surface area contributed by atoms with Gasteiger partial charge in [-0.1, -0.05) is 6.07 Å². The third-order valence-electron chi connectivity index (χ3n) is 5.84. The lowest BCUT2D eigenvalue weighted by Crippen LogP contribution is -2.14. The summed E-state index contributed by atoms with van der Waals surface area (Å²) in [5.41, 5.74) is -8.43. The van der Waals surface area contributed by atoms with E-state index in [-0.39, 0.29) is 12.1 Å². The second-order valence-electron chi connectivity index (χ2n) is 9.48. The van der Waals surface area contributed by atoms with Crippen LogP contribution in [0.3, 0.4) is 0 Å². The molecule has 0 aliphatic rings. The van der Waals surface area contributed by atoms with Gasteiger partial charge < -0.3 is 0 Å². The molecule has 24 heteroatoms. The fourth-order valence-electron chi connectivity index (χ4n) is 3.47. The molecule has 0 saturated heterocycles. The minimum atomic E-state index is -5.08. The molecule has 4 aromatic carbocycles. The maximum atomic E-state index is 12.8. The molecule has 0 N–H and O–H groups in total. The minimum absolute atomic E-state index is 0.143. The van der Waals surface area contributed by atoms with E-state index in [1.807, 2.05) is 0 Å². The molecule has 0 spiro atoms. The molecule has 55 heavy (non-hydrogen) atoms. The second kappa shape index (κ2) is 19.5. The summed E-state index contributed by atoms with van der Waals surface area (Å²) in [7, 11) is 0. The highest BCUT2D eigenvalue weighted by molar-refractivity contribution is 6.68. The van der Waals surface area contributed by atoms with Crippen LogP contribution in [0.5, 0.6) is 0 Å². The maximum absolute atomic E-state index is 12.8. The Morgan fingerprint density at radius 2 is 0.855 bits per heavy atom. The van der Waals surface area contributed by atoms with E-state index in [1.54, 1.807) is 0 Å². The van der Waals surface area contributed by atoms with Crippen LogP contribution in [0, 0.1) is 40.7 Å². The van der Waals surface area contributed by atoms with E-state index in [0.29, 0.717) is 36.4 Å². The summed E-state index contributed by atoms with van der Waals surface area (Å²) in [4.78, 5) is 41.9. The Morgan fingerprint density at radius 1 is 0.400 bits per heavy atom. The number of benzene rings is 4. The first-order valence-corrected chi connectivity index (χ1v) is 14.7. The fourth-order valence-corrected chi connectivity index (χ4v) is 4.14. The van der Waals surface area contributed by atoms with E-state index in [2.05, 4.69) is 0 Å². The van der Waals surface area contributed by atoms with Crippen LogP contribution in [0.2, 0.25) is 0 Å². The Labute approximate surface area is 315 Å². The van der Waals surface area contributed by atoms with Gasteiger partial charge in [0.25, 0.3) is 21.0 Å². The van der Waals surface area contributed by atoms with E-state index in [9.17, 15) is 89.4 Å². The highest BCUT2D eigenvalue weighted by Crippen LogP contribution is 2.38. The zero-order chi connectivity index (χ0) is 43.0. The lowest BCUT2D eigenvalue weighted by Gasteiger charge is -2.13. The number of hydrogen-bond donors (Lipinski definition) is 0. The summed E-state index contributed by atoms with van der Waals surface area (Å²) in [5, 5.41) is -5.45. The maximum Gasteiger partial charge on any atom is 0.417 e. The highest BCUT2D eigenvalue weighted by Gasteiger charge is 2.39. The summed E-state index contributed by atoms with van der Waals surface area (Å²) in [6.45, 7) is 0. The third-order valence-corrected chi connectivity index (χ3v) is 6.63. The molecule has 0 amide bonds. The number of carbonyl (C=O) groups excluding carboxylic acids is 4. The summed E-state index contributed by atoms with van der Waals surface area (Å²) in [6.07, 6.45) is -14.8. The largest absolute Gasteiger partial charge is 0.417 e. The molecule has 4 aromatic rings. The van der Waals surface area contributed by atoms with Crippen LogP contribution in [-0.2, 0) is 18.5 Å². The zero-order valence-electron chi connectivity index (χ0n) is 25.5. The van der Waals surface area contributed by atoms with Crippen LogP contribution < -0.4 is 0 Å². The topological polar surface area (TPSA) is 68.3 Å². The molecule has 0 radical (unpaired) electrons. The van der Waals surface area contributed by atoms with Gasteiger partial charge in [0.1, 0.15) is 23.0 Å². The Morgan fingerprint density at radius 3 is 1.25 bits per heavy atom. The SMILES string of the molecule is O=C(Cl)c1c(F)ccc(F)c1F.O=C(Cl)c1c(F)cccc1C(F)(F)F.O=C(Cl)c1cc(F)c(F)cc1F.O=C(Cl)c1ccc(C(F)(F)F)cc1C(F)(F)F. The summed E-state index contributed by atoms with van der Waals surface area (Å²) < 4.78 is 198. The Kier molecular flexibility index (Phi) is 17.2. The Balaban J connectivity index is 0.000000370. The van der Waals surface area contributed by atoms with Crippen molar-refractivity contribution in [2.75, 3.05) is 0 Å². The fraction of sp³-hybridized carbons (Fsp3) is 0.0968. The van der Waals surface area contributed by atoms with Crippen LogP contribution in [-0.4, -0.2) is 21.0 Å². The molecule has 4 nitrogen and oxygen atoms in total. The van der Waals surface area contributed by atoms with Gasteiger partial charge in [0, 0.05) is 11.6 Å². The van der Waals surface area contributed by atoms with E-state index >= 15 is 0 Å². The number of rotatable bonds is 4. The molecular weight excluding hydrogens is 882 g/mol. The van der Waals surface area contributed by atoms with Gasteiger partial charge in [0.2, 0.25) is 0 Å². The van der Waals surface area contributed by atoms with Crippen LogP contribution in [0.1, 0.15) is 58.1 Å². The number of alkyl halides is 9. The molecule has 0 aliphatic heterocycles. The minimum Gasteiger partial charge on any atom is -0.276 e. The molecule has 0 aliphatic carbocycles. The van der Waals surface area contributed by atoms with Crippen LogP contribution in [0.15, 0.2) is 60.7 Å². The number of carbonyl (C=O) groups is 4. The van der Waals surface area contributed by atoms with Gasteiger partial charge in [-0.05, 0) is 94.9 Å². The van der Waals surface area contributed by atoms with Crippen molar-refractivity contribution in [3.05, 3.63) is 140 Å². The average Bonchev–Trinajstić information content (AvgIpc) is 3.03. The van der Waals surface area contributed by atoms with Gasteiger partial charge in [-0.25, -0.2) is 30.7 Å². The standard InChI is InChI=1S/C9H3ClF6O.C8H3ClF4O.2C7H2ClF3O/c10-7(17)5-2-1-4(8(11,12)13)3-6(5)9(14,15)16;9-7(14)6-4(8(11,12)13)2-1-3-5(6)10;8-7(12)3-1-5(10)6(11)2-4(3)9;8-7(12)5-3(9)1-2-4(10)6(5)11/h1-3H;1-3H;2*1-2H. The third kappa shape index (κ3) is 14.0. The van der Waals surface area contributed by atoms with Gasteiger partial charge in [-0.15, -0.1) is 0 Å². The first kappa shape index (κ1) is 48.6. The Bertz CT molecular complexity index is 2080. The van der Waals surface area contributed by atoms with Crippen LogP contribution >= 0.6 is 46.4 Å². The van der Waals surface area contributed by atoms with Crippen LogP contribution in [0.25, 0.3) is 0 Å². The van der Waals surface area contributed by atoms with Gasteiger partial charge in [-0.2, -0.15) is 39.5 Å². The molecule has 0 bridgehead atoms. The second-order valence-corrected chi connectivity index (χ2v) is 10.8. The lowest BCUT2D eigenvalue weighted by atomic mass is 10.0. The zero-order valence-corrected chi connectivity index (χ0v) is 28.5. The van der Waals surface area contributed by atoms with Crippen LogP contribution in [0.4, 0.5) is 70.2 Å². The summed E-state index contributed by atoms with van der Waals surface area (Å²) in [6, 6.07) is 4.72. The van der Waals surface area contributed by atoms with Crippen molar-refractivity contribution in [1.29, 1.82) is 0 Å². The molecule has 0 fully saturated rings. The summed E-state index contributed by atoms with van der Waals surface area (Å²) >= 11 is 19.4. The van der Waals surface area contributed by atoms with Crippen molar-refractivity contribution in [2.24, 2.45) is 0 Å². The smallest absolute Gasteiger partial charge is 0.276 e. The van der Waals surface area contributed by atoms with E-state index in [1.165, 1.54) is 0 Å². The van der Waals surface area contributed by atoms with Crippen molar-refractivity contribution in [3.63, 3.8) is 0 Å². The van der Waals surface area contributed by atoms with Crippen molar-refractivity contribution >= 4 is 67.4 Å².